The molecule has 1 N–H and O–H groups in total. The molecule has 0 radical (unpaired) electrons. The summed E-state index contributed by atoms with van der Waals surface area (Å²) in [5.74, 6) is 0.668. The number of thiazole rings is 1. The number of carboxylic acid groups (broad SMARTS) is 1. The summed E-state index contributed by atoms with van der Waals surface area (Å²) in [5, 5.41) is 9.48. The summed E-state index contributed by atoms with van der Waals surface area (Å²) >= 11 is 1.24. The van der Waals surface area contributed by atoms with E-state index in [0.717, 1.165) is 27.3 Å². The molecule has 0 saturated carbocycles. The lowest BCUT2D eigenvalue weighted by atomic mass is 10.1. The van der Waals surface area contributed by atoms with E-state index in [1.807, 2.05) is 31.2 Å². The average Bonchev–Trinajstić information content (AvgIpc) is 3.31. The summed E-state index contributed by atoms with van der Waals surface area (Å²) in [7, 11) is 0. The predicted octanol–water partition coefficient (Wildman–Crippen LogP) is 7.84. The summed E-state index contributed by atoms with van der Waals surface area (Å²) in [6.07, 6.45) is 0. The highest BCUT2D eigenvalue weighted by Gasteiger charge is 2.29. The van der Waals surface area contributed by atoms with Gasteiger partial charge in [-0.15, -0.1) is 11.3 Å². The Morgan fingerprint density at radius 3 is 2.23 bits per heavy atom. The lowest BCUT2D eigenvalue weighted by molar-refractivity contribution is -0.139. The molecule has 11 heteroatoms. The van der Waals surface area contributed by atoms with E-state index in [1.54, 1.807) is 37.3 Å². The number of aromatic nitrogens is 1. The quantitative estimate of drug-likeness (QED) is 0.183. The topological polar surface area (TPSA) is 77.9 Å². The molecule has 1 heterocycles. The zero-order valence-electron chi connectivity index (χ0n) is 20.9. The van der Waals surface area contributed by atoms with Gasteiger partial charge in [0.05, 0.1) is 17.2 Å². The Kier molecular flexibility index (Phi) is 9.03. The summed E-state index contributed by atoms with van der Waals surface area (Å²) in [6, 6.07) is 18.8. The monoisotopic (exact) mass is 575 g/mol. The first-order valence-corrected chi connectivity index (χ1v) is 13.4. The highest BCUT2D eigenvalue weighted by molar-refractivity contribution is 8.00. The van der Waals surface area contributed by atoms with Crippen molar-refractivity contribution < 1.29 is 37.3 Å². The molecule has 1 aromatic heterocycles. The molecule has 204 valence electrons. The molecule has 0 aliphatic heterocycles. The highest BCUT2D eigenvalue weighted by Crippen LogP contribution is 2.41. The van der Waals surface area contributed by atoms with Gasteiger partial charge in [-0.05, 0) is 91.3 Å². The van der Waals surface area contributed by atoms with Crippen molar-refractivity contribution >= 4 is 29.1 Å². The third-order valence-corrected chi connectivity index (χ3v) is 7.14. The fourth-order valence-corrected chi connectivity index (χ4v) is 5.20. The standard InChI is InChI=1S/C28H24F3NO5S2/c1-3-35-20-8-4-18(5-9-20)26-27(19-6-11-22(12-7-19)39-28(29,30)31)38-24(32-26)15-36-21-10-13-23(17(2)14-21)37-16-25(33)34/h4-14H,3,15-16H2,1-2H3,(H,33,34). The van der Waals surface area contributed by atoms with Gasteiger partial charge < -0.3 is 19.3 Å². The number of aliphatic carboxylic acids is 1. The van der Waals surface area contributed by atoms with E-state index in [1.165, 1.54) is 23.5 Å². The van der Waals surface area contributed by atoms with E-state index in [0.29, 0.717) is 28.8 Å². The third-order valence-electron chi connectivity index (χ3n) is 5.32. The molecule has 0 aliphatic rings. The molecule has 0 fully saturated rings. The van der Waals surface area contributed by atoms with Crippen LogP contribution < -0.4 is 14.2 Å². The first kappa shape index (κ1) is 28.3. The zero-order valence-corrected chi connectivity index (χ0v) is 22.6. The molecule has 0 bridgehead atoms. The molecule has 0 amide bonds. The number of halogens is 3. The van der Waals surface area contributed by atoms with Crippen LogP contribution in [-0.4, -0.2) is 34.8 Å². The third kappa shape index (κ3) is 7.90. The Balaban J connectivity index is 1.59. The van der Waals surface area contributed by atoms with Crippen molar-refractivity contribution in [3.05, 3.63) is 77.3 Å². The second-order valence-corrected chi connectivity index (χ2v) is 10.4. The van der Waals surface area contributed by atoms with Crippen LogP contribution in [0.1, 0.15) is 17.5 Å². The number of rotatable bonds is 11. The van der Waals surface area contributed by atoms with E-state index in [9.17, 15) is 18.0 Å². The minimum atomic E-state index is -4.36. The maximum Gasteiger partial charge on any atom is 0.446 e. The number of carbonyl (C=O) groups is 1. The van der Waals surface area contributed by atoms with Gasteiger partial charge in [-0.25, -0.2) is 9.78 Å². The number of hydrogen-bond acceptors (Lipinski definition) is 7. The number of thioether (sulfide) groups is 1. The van der Waals surface area contributed by atoms with Crippen molar-refractivity contribution in [1.82, 2.24) is 4.98 Å². The van der Waals surface area contributed by atoms with Crippen molar-refractivity contribution in [3.63, 3.8) is 0 Å². The molecule has 0 aliphatic carbocycles. The Morgan fingerprint density at radius 1 is 0.949 bits per heavy atom. The SMILES string of the molecule is CCOc1ccc(-c2nc(COc3ccc(OCC(=O)O)c(C)c3)sc2-c2ccc(SC(F)(F)F)cc2)cc1. The molecule has 0 spiro atoms. The van der Waals surface area contributed by atoms with Gasteiger partial charge in [0.2, 0.25) is 0 Å². The Morgan fingerprint density at radius 2 is 1.62 bits per heavy atom. The Hall–Kier alpha value is -3.70. The maximum atomic E-state index is 12.8. The second kappa shape index (κ2) is 12.4. The van der Waals surface area contributed by atoms with Crippen molar-refractivity contribution in [3.8, 4) is 38.9 Å². The van der Waals surface area contributed by atoms with Crippen LogP contribution in [0, 0.1) is 6.92 Å². The largest absolute Gasteiger partial charge is 0.494 e. The second-order valence-electron chi connectivity index (χ2n) is 8.21. The van der Waals surface area contributed by atoms with Gasteiger partial charge in [-0.3, -0.25) is 0 Å². The van der Waals surface area contributed by atoms with Crippen LogP contribution in [0.5, 0.6) is 17.2 Å². The van der Waals surface area contributed by atoms with Crippen molar-refractivity contribution in [2.45, 2.75) is 30.9 Å². The smallest absolute Gasteiger partial charge is 0.446 e. The summed E-state index contributed by atoms with van der Waals surface area (Å²) in [6.45, 7) is 3.95. The molecule has 6 nitrogen and oxygen atoms in total. The number of aryl methyl sites for hydroxylation is 1. The number of alkyl halides is 3. The van der Waals surface area contributed by atoms with Gasteiger partial charge in [-0.1, -0.05) is 12.1 Å². The fourth-order valence-electron chi connectivity index (χ4n) is 3.66. The predicted molar refractivity (Wildman–Crippen MR) is 145 cm³/mol. The van der Waals surface area contributed by atoms with Gasteiger partial charge in [0, 0.05) is 10.5 Å². The molecule has 3 aromatic carbocycles. The van der Waals surface area contributed by atoms with E-state index < -0.39 is 18.1 Å². The molecule has 39 heavy (non-hydrogen) atoms. The van der Waals surface area contributed by atoms with Crippen LogP contribution in [0.3, 0.4) is 0 Å². The first-order chi connectivity index (χ1) is 18.6. The Bertz CT molecular complexity index is 1420. The summed E-state index contributed by atoms with van der Waals surface area (Å²) in [5.41, 5.74) is -1.37. The van der Waals surface area contributed by atoms with Gasteiger partial charge >= 0.3 is 11.5 Å². The molecular formula is C28H24F3NO5S2. The van der Waals surface area contributed by atoms with Crippen LogP contribution >= 0.6 is 23.1 Å². The van der Waals surface area contributed by atoms with Gasteiger partial charge in [-0.2, -0.15) is 13.2 Å². The average molecular weight is 576 g/mol. The van der Waals surface area contributed by atoms with E-state index >= 15 is 0 Å². The van der Waals surface area contributed by atoms with Crippen LogP contribution in [-0.2, 0) is 11.4 Å². The van der Waals surface area contributed by atoms with Crippen molar-refractivity contribution in [2.24, 2.45) is 0 Å². The molecule has 0 unspecified atom stereocenters. The lowest BCUT2D eigenvalue weighted by Gasteiger charge is -2.09. The zero-order chi connectivity index (χ0) is 28.0. The van der Waals surface area contributed by atoms with E-state index in [-0.39, 0.29) is 23.3 Å². The highest BCUT2D eigenvalue weighted by atomic mass is 32.2. The number of nitrogens with zero attached hydrogens (tertiary/aromatic N) is 1. The maximum absolute atomic E-state index is 12.8. The number of hydrogen-bond donors (Lipinski definition) is 1. The van der Waals surface area contributed by atoms with Crippen molar-refractivity contribution in [2.75, 3.05) is 13.2 Å². The first-order valence-electron chi connectivity index (χ1n) is 11.8. The van der Waals surface area contributed by atoms with Crippen molar-refractivity contribution in [1.29, 1.82) is 0 Å². The minimum absolute atomic E-state index is 0.105. The van der Waals surface area contributed by atoms with E-state index in [2.05, 4.69) is 0 Å². The van der Waals surface area contributed by atoms with Gasteiger partial charge in [0.1, 0.15) is 28.9 Å². The number of ether oxygens (including phenoxy) is 3. The number of benzene rings is 3. The molecule has 0 saturated heterocycles. The Labute approximate surface area is 231 Å². The summed E-state index contributed by atoms with van der Waals surface area (Å²) in [4.78, 5) is 16.5. The molecular weight excluding hydrogens is 551 g/mol. The normalized spacial score (nSPS) is 11.3. The van der Waals surface area contributed by atoms with E-state index in [4.69, 9.17) is 24.3 Å². The van der Waals surface area contributed by atoms with Gasteiger partial charge in [0.15, 0.2) is 6.61 Å². The minimum Gasteiger partial charge on any atom is -0.494 e. The molecule has 0 atom stereocenters. The molecule has 4 aromatic rings. The van der Waals surface area contributed by atoms with Crippen LogP contribution in [0.15, 0.2) is 71.6 Å². The fraction of sp³-hybridized carbons (Fsp3) is 0.214. The van der Waals surface area contributed by atoms with Crippen LogP contribution in [0.25, 0.3) is 21.7 Å². The lowest BCUT2D eigenvalue weighted by Crippen LogP contribution is -2.10. The van der Waals surface area contributed by atoms with Crippen LogP contribution in [0.2, 0.25) is 0 Å². The molecule has 4 rings (SSSR count). The summed E-state index contributed by atoms with van der Waals surface area (Å²) < 4.78 is 55.1. The van der Waals surface area contributed by atoms with Crippen LogP contribution in [0.4, 0.5) is 13.2 Å². The number of carboxylic acids is 1. The van der Waals surface area contributed by atoms with Gasteiger partial charge in [0.25, 0.3) is 0 Å².